The van der Waals surface area contributed by atoms with E-state index in [-0.39, 0.29) is 5.78 Å². The Kier molecular flexibility index (Phi) is 6.51. The molecule has 0 rings (SSSR count). The van der Waals surface area contributed by atoms with Crippen LogP contribution in [-0.4, -0.2) is 5.78 Å². The Bertz CT molecular complexity index is 238. The highest BCUT2D eigenvalue weighted by Gasteiger charge is 2.02. The third-order valence-electron chi connectivity index (χ3n) is 1.80. The Balaban J connectivity index is 4.23. The van der Waals surface area contributed by atoms with Crippen molar-refractivity contribution in [3.63, 3.8) is 0 Å². The van der Waals surface area contributed by atoms with Gasteiger partial charge in [0.05, 0.1) is 0 Å². The van der Waals surface area contributed by atoms with E-state index >= 15 is 0 Å². The minimum absolute atomic E-state index is 0.281. The number of hydrogen-bond donors (Lipinski definition) is 0. The first-order valence-corrected chi connectivity index (χ1v) is 5.10. The molecule has 0 aromatic heterocycles. The van der Waals surface area contributed by atoms with E-state index < -0.39 is 0 Å². The molecule has 0 spiro atoms. The normalized spacial score (nSPS) is 11.8. The maximum atomic E-state index is 11.0. The van der Waals surface area contributed by atoms with Gasteiger partial charge >= 0.3 is 0 Å². The Morgan fingerprint density at radius 3 is 2.31 bits per heavy atom. The summed E-state index contributed by atoms with van der Waals surface area (Å²) >= 11 is 3.35. The molecule has 0 fully saturated rings. The third-order valence-corrected chi connectivity index (χ3v) is 2.63. The molecule has 72 valence electrons. The topological polar surface area (TPSA) is 17.1 Å². The molecule has 0 heterocycles. The molecule has 1 nitrogen and oxygen atoms in total. The van der Waals surface area contributed by atoms with Crippen LogP contribution in [0, 0.1) is 0 Å². The first kappa shape index (κ1) is 12.4. The van der Waals surface area contributed by atoms with E-state index in [1.54, 1.807) is 12.2 Å². The SMILES string of the molecule is C=C/C(Br)=C(\C=C)CCC(=O)CC. The molecule has 0 N–H and O–H groups in total. The van der Waals surface area contributed by atoms with Crippen LogP contribution in [0.3, 0.4) is 0 Å². The van der Waals surface area contributed by atoms with Gasteiger partial charge in [0.25, 0.3) is 0 Å². The van der Waals surface area contributed by atoms with Crippen molar-refractivity contribution in [2.24, 2.45) is 0 Å². The van der Waals surface area contributed by atoms with Crippen molar-refractivity contribution in [1.29, 1.82) is 0 Å². The summed E-state index contributed by atoms with van der Waals surface area (Å²) in [6.45, 7) is 9.20. The molecular formula is C11H15BrO. The fraction of sp³-hybridized carbons (Fsp3) is 0.364. The van der Waals surface area contributed by atoms with Crippen LogP contribution < -0.4 is 0 Å². The van der Waals surface area contributed by atoms with Crippen molar-refractivity contribution in [1.82, 2.24) is 0 Å². The standard InChI is InChI=1S/C11H15BrO/c1-4-9(11(12)6-3)7-8-10(13)5-2/h4,6H,1,3,5,7-8H2,2H3/b11-9-. The van der Waals surface area contributed by atoms with E-state index in [4.69, 9.17) is 0 Å². The second-order valence-corrected chi connectivity index (χ2v) is 3.53. The van der Waals surface area contributed by atoms with Crippen LogP contribution in [0.1, 0.15) is 26.2 Å². The van der Waals surface area contributed by atoms with Crippen LogP contribution in [0.5, 0.6) is 0 Å². The molecule has 0 radical (unpaired) electrons. The number of carbonyl (C=O) groups is 1. The van der Waals surface area contributed by atoms with E-state index in [0.717, 1.165) is 16.5 Å². The van der Waals surface area contributed by atoms with Gasteiger partial charge in [-0.15, -0.1) is 0 Å². The molecule has 0 amide bonds. The first-order chi connectivity index (χ1) is 6.15. The van der Waals surface area contributed by atoms with Crippen LogP contribution in [-0.2, 0) is 4.79 Å². The zero-order valence-electron chi connectivity index (χ0n) is 7.98. The van der Waals surface area contributed by atoms with Crippen molar-refractivity contribution in [3.05, 3.63) is 35.4 Å². The molecule has 0 aliphatic heterocycles. The van der Waals surface area contributed by atoms with Crippen LogP contribution >= 0.6 is 15.9 Å². The van der Waals surface area contributed by atoms with E-state index in [1.165, 1.54) is 0 Å². The maximum absolute atomic E-state index is 11.0. The summed E-state index contributed by atoms with van der Waals surface area (Å²) in [7, 11) is 0. The average Bonchev–Trinajstić information content (AvgIpc) is 2.17. The van der Waals surface area contributed by atoms with Crippen LogP contribution in [0.4, 0.5) is 0 Å². The average molecular weight is 243 g/mol. The smallest absolute Gasteiger partial charge is 0.132 e. The number of Topliss-reactive ketones (excluding diaryl/α,β-unsaturated/α-hetero) is 1. The summed E-state index contributed by atoms with van der Waals surface area (Å²) in [5.41, 5.74) is 1.04. The van der Waals surface area contributed by atoms with Gasteiger partial charge < -0.3 is 0 Å². The molecule has 0 atom stereocenters. The summed E-state index contributed by atoms with van der Waals surface area (Å²) in [6, 6.07) is 0. The Hall–Kier alpha value is -0.630. The van der Waals surface area contributed by atoms with Gasteiger partial charge in [0.1, 0.15) is 5.78 Å². The molecule has 2 heteroatoms. The molecule has 0 saturated carbocycles. The highest BCUT2D eigenvalue weighted by Crippen LogP contribution is 2.18. The molecule has 0 bridgehead atoms. The van der Waals surface area contributed by atoms with E-state index in [9.17, 15) is 4.79 Å². The number of allylic oxidation sites excluding steroid dienone is 4. The second-order valence-electron chi connectivity index (χ2n) is 2.67. The number of hydrogen-bond acceptors (Lipinski definition) is 1. The molecule has 0 aliphatic carbocycles. The van der Waals surface area contributed by atoms with Gasteiger partial charge in [-0.2, -0.15) is 0 Å². The zero-order valence-corrected chi connectivity index (χ0v) is 9.56. The number of halogens is 1. The molecule has 0 unspecified atom stereocenters. The van der Waals surface area contributed by atoms with E-state index in [2.05, 4.69) is 29.1 Å². The van der Waals surface area contributed by atoms with Gasteiger partial charge in [0.15, 0.2) is 0 Å². The van der Waals surface area contributed by atoms with Gasteiger partial charge in [-0.25, -0.2) is 0 Å². The van der Waals surface area contributed by atoms with Crippen LogP contribution in [0.2, 0.25) is 0 Å². The molecule has 0 aromatic rings. The fourth-order valence-electron chi connectivity index (χ4n) is 0.901. The van der Waals surface area contributed by atoms with Gasteiger partial charge in [0.2, 0.25) is 0 Å². The Labute approximate surface area is 88.3 Å². The Morgan fingerprint density at radius 1 is 1.31 bits per heavy atom. The number of carbonyl (C=O) groups excluding carboxylic acids is 1. The second kappa shape index (κ2) is 6.84. The fourth-order valence-corrected chi connectivity index (χ4v) is 1.26. The molecule has 0 saturated heterocycles. The summed E-state index contributed by atoms with van der Waals surface area (Å²) < 4.78 is 0.923. The largest absolute Gasteiger partial charge is 0.300 e. The van der Waals surface area contributed by atoms with Crippen molar-refractivity contribution < 1.29 is 4.79 Å². The summed E-state index contributed by atoms with van der Waals surface area (Å²) in [5, 5.41) is 0. The summed E-state index contributed by atoms with van der Waals surface area (Å²) in [6.07, 6.45) is 5.40. The number of ketones is 1. The van der Waals surface area contributed by atoms with Crippen molar-refractivity contribution in [2.75, 3.05) is 0 Å². The highest BCUT2D eigenvalue weighted by molar-refractivity contribution is 9.11. The van der Waals surface area contributed by atoms with Crippen LogP contribution in [0.25, 0.3) is 0 Å². The van der Waals surface area contributed by atoms with Crippen molar-refractivity contribution in [3.8, 4) is 0 Å². The third kappa shape index (κ3) is 4.83. The minimum atomic E-state index is 0.281. The summed E-state index contributed by atoms with van der Waals surface area (Å²) in [5.74, 6) is 0.281. The van der Waals surface area contributed by atoms with E-state index in [0.29, 0.717) is 12.8 Å². The van der Waals surface area contributed by atoms with Gasteiger partial charge in [-0.1, -0.05) is 48.2 Å². The van der Waals surface area contributed by atoms with Gasteiger partial charge in [0, 0.05) is 17.3 Å². The maximum Gasteiger partial charge on any atom is 0.132 e. The van der Waals surface area contributed by atoms with Crippen LogP contribution in [0.15, 0.2) is 35.4 Å². The Morgan fingerprint density at radius 2 is 1.92 bits per heavy atom. The summed E-state index contributed by atoms with van der Waals surface area (Å²) in [4.78, 5) is 11.0. The minimum Gasteiger partial charge on any atom is -0.300 e. The lowest BCUT2D eigenvalue weighted by Crippen LogP contribution is -1.95. The predicted molar refractivity (Wildman–Crippen MR) is 60.9 cm³/mol. The molecule has 0 aliphatic rings. The lowest BCUT2D eigenvalue weighted by atomic mass is 10.1. The lowest BCUT2D eigenvalue weighted by Gasteiger charge is -2.02. The van der Waals surface area contributed by atoms with Gasteiger partial charge in [-0.05, 0) is 12.0 Å². The predicted octanol–water partition coefficient (Wildman–Crippen LogP) is 3.77. The molecular weight excluding hydrogens is 228 g/mol. The monoisotopic (exact) mass is 242 g/mol. The quantitative estimate of drug-likeness (QED) is 0.649. The van der Waals surface area contributed by atoms with Crippen molar-refractivity contribution >= 4 is 21.7 Å². The molecule has 13 heavy (non-hydrogen) atoms. The lowest BCUT2D eigenvalue weighted by molar-refractivity contribution is -0.118. The highest BCUT2D eigenvalue weighted by atomic mass is 79.9. The van der Waals surface area contributed by atoms with Crippen molar-refractivity contribution in [2.45, 2.75) is 26.2 Å². The van der Waals surface area contributed by atoms with E-state index in [1.807, 2.05) is 6.92 Å². The van der Waals surface area contributed by atoms with Gasteiger partial charge in [-0.3, -0.25) is 4.79 Å². The first-order valence-electron chi connectivity index (χ1n) is 4.30. The number of rotatable bonds is 6. The molecule has 0 aromatic carbocycles. The zero-order chi connectivity index (χ0) is 10.3.